The Kier molecular flexibility index (Phi) is 5.64. The molecule has 0 heterocycles. The van der Waals surface area contributed by atoms with Crippen molar-refractivity contribution in [1.82, 2.24) is 0 Å². The van der Waals surface area contributed by atoms with Gasteiger partial charge < -0.3 is 9.47 Å². The number of benzene rings is 2. The van der Waals surface area contributed by atoms with E-state index in [1.54, 1.807) is 14.2 Å². The van der Waals surface area contributed by atoms with E-state index in [1.807, 2.05) is 13.0 Å². The van der Waals surface area contributed by atoms with Gasteiger partial charge in [0.1, 0.15) is 0 Å². The number of amides is 1. The first-order valence-corrected chi connectivity index (χ1v) is 8.88. The summed E-state index contributed by atoms with van der Waals surface area (Å²) in [5, 5.41) is 0. The molecule has 2 aromatic rings. The first-order chi connectivity index (χ1) is 12.7. The third-order valence-electron chi connectivity index (χ3n) is 5.40. The van der Waals surface area contributed by atoms with Crippen molar-refractivity contribution in [2.45, 2.75) is 25.2 Å². The molecule has 0 N–H and O–H groups in total. The highest BCUT2D eigenvalue weighted by Crippen LogP contribution is 2.52. The van der Waals surface area contributed by atoms with Crippen LogP contribution in [0.2, 0.25) is 0 Å². The van der Waals surface area contributed by atoms with Crippen LogP contribution in [0.25, 0.3) is 11.1 Å². The highest BCUT2D eigenvalue weighted by Gasteiger charge is 2.42. The Morgan fingerprint density at radius 2 is 1.65 bits per heavy atom. The van der Waals surface area contributed by atoms with Gasteiger partial charge in [0, 0.05) is 38.6 Å². The van der Waals surface area contributed by atoms with Gasteiger partial charge in [-0.15, -0.1) is 0 Å². The fourth-order valence-corrected chi connectivity index (χ4v) is 4.05. The van der Waals surface area contributed by atoms with E-state index in [-0.39, 0.29) is 5.41 Å². The number of ether oxygens (including phenoxy) is 2. The maximum atomic E-state index is 10.8. The van der Waals surface area contributed by atoms with E-state index in [9.17, 15) is 4.79 Å². The zero-order valence-corrected chi connectivity index (χ0v) is 15.6. The Balaban J connectivity index is 2.21. The largest absolute Gasteiger partial charge is 0.385 e. The Morgan fingerprint density at radius 3 is 2.31 bits per heavy atom. The molecule has 0 radical (unpaired) electrons. The highest BCUT2D eigenvalue weighted by molar-refractivity contribution is 6.03. The van der Waals surface area contributed by atoms with Crippen LogP contribution in [0.15, 0.2) is 47.5 Å². The lowest BCUT2D eigenvalue weighted by Crippen LogP contribution is -2.29. The summed E-state index contributed by atoms with van der Waals surface area (Å²) in [6, 6.07) is 14.9. The molecule has 0 atom stereocenters. The second kappa shape index (κ2) is 7.94. The molecule has 4 heteroatoms. The van der Waals surface area contributed by atoms with Gasteiger partial charge in [-0.1, -0.05) is 36.4 Å². The minimum atomic E-state index is -0.157. The Bertz CT molecular complexity index is 818. The van der Waals surface area contributed by atoms with Gasteiger partial charge in [0.25, 0.3) is 0 Å². The molecule has 3 rings (SSSR count). The summed E-state index contributed by atoms with van der Waals surface area (Å²) in [5.74, 6) is 0. The first kappa shape index (κ1) is 18.5. The molecule has 0 spiro atoms. The van der Waals surface area contributed by atoms with Crippen LogP contribution in [0.1, 0.15) is 36.5 Å². The quantitative estimate of drug-likeness (QED) is 0.534. The number of hydrogen-bond donors (Lipinski definition) is 0. The molecule has 0 aliphatic heterocycles. The van der Waals surface area contributed by atoms with E-state index in [2.05, 4.69) is 41.4 Å². The second-order valence-electron chi connectivity index (χ2n) is 6.69. The summed E-state index contributed by atoms with van der Waals surface area (Å²) < 4.78 is 10.9. The van der Waals surface area contributed by atoms with Gasteiger partial charge in [0.15, 0.2) is 0 Å². The Morgan fingerprint density at radius 1 is 1.00 bits per heavy atom. The van der Waals surface area contributed by atoms with E-state index < -0.39 is 0 Å². The molecule has 136 valence electrons. The SMILES string of the molecule is COCCC1(CCOC)c2ccccc2-c2ccc(/C(C)=N/C=O)cc21. The third-order valence-corrected chi connectivity index (χ3v) is 5.40. The van der Waals surface area contributed by atoms with Crippen LogP contribution < -0.4 is 0 Å². The monoisotopic (exact) mass is 351 g/mol. The van der Waals surface area contributed by atoms with Crippen LogP contribution >= 0.6 is 0 Å². The minimum absolute atomic E-state index is 0.157. The first-order valence-electron chi connectivity index (χ1n) is 8.88. The van der Waals surface area contributed by atoms with E-state index in [0.717, 1.165) is 24.1 Å². The van der Waals surface area contributed by atoms with Crippen LogP contribution in [0.4, 0.5) is 0 Å². The van der Waals surface area contributed by atoms with Crippen molar-refractivity contribution >= 4 is 12.1 Å². The summed E-state index contributed by atoms with van der Waals surface area (Å²) in [5.41, 5.74) is 6.66. The number of hydrogen-bond acceptors (Lipinski definition) is 3. The molecule has 0 fully saturated rings. The fourth-order valence-electron chi connectivity index (χ4n) is 4.05. The van der Waals surface area contributed by atoms with Crippen molar-refractivity contribution in [1.29, 1.82) is 0 Å². The average molecular weight is 351 g/mol. The minimum Gasteiger partial charge on any atom is -0.385 e. The summed E-state index contributed by atoms with van der Waals surface area (Å²) in [6.45, 7) is 3.20. The lowest BCUT2D eigenvalue weighted by Gasteiger charge is -2.32. The lowest BCUT2D eigenvalue weighted by atomic mass is 9.73. The van der Waals surface area contributed by atoms with E-state index in [0.29, 0.717) is 19.6 Å². The number of fused-ring (bicyclic) bond motifs is 3. The van der Waals surface area contributed by atoms with E-state index >= 15 is 0 Å². The summed E-state index contributed by atoms with van der Waals surface area (Å²) in [6.07, 6.45) is 2.36. The number of rotatable bonds is 8. The van der Waals surface area contributed by atoms with Gasteiger partial charge in [-0.3, -0.25) is 4.79 Å². The topological polar surface area (TPSA) is 47.9 Å². The smallest absolute Gasteiger partial charge is 0.233 e. The molecule has 4 nitrogen and oxygen atoms in total. The van der Waals surface area contributed by atoms with Crippen molar-refractivity contribution < 1.29 is 14.3 Å². The zero-order valence-electron chi connectivity index (χ0n) is 15.6. The molecule has 26 heavy (non-hydrogen) atoms. The molecule has 0 bridgehead atoms. The molecule has 2 aromatic carbocycles. The standard InChI is InChI=1S/C22H25NO3/c1-16(23-15-24)17-8-9-19-18-6-4-5-7-20(18)22(10-12-25-2,11-13-26-3)21(19)14-17/h4-9,14-15H,10-13H2,1-3H3/b23-16+. The van der Waals surface area contributed by atoms with Gasteiger partial charge in [-0.25, -0.2) is 4.99 Å². The van der Waals surface area contributed by atoms with Crippen LogP contribution in [0, 0.1) is 0 Å². The molecule has 0 saturated carbocycles. The predicted molar refractivity (Wildman–Crippen MR) is 104 cm³/mol. The van der Waals surface area contributed by atoms with Gasteiger partial charge >= 0.3 is 0 Å². The van der Waals surface area contributed by atoms with Crippen molar-refractivity contribution in [2.75, 3.05) is 27.4 Å². The number of nitrogens with zero attached hydrogens (tertiary/aromatic N) is 1. The van der Waals surface area contributed by atoms with Crippen LogP contribution in [-0.2, 0) is 19.7 Å². The van der Waals surface area contributed by atoms with E-state index in [1.165, 1.54) is 22.3 Å². The summed E-state index contributed by atoms with van der Waals surface area (Å²) in [4.78, 5) is 14.7. The number of aliphatic imine (C=N–C) groups is 1. The maximum absolute atomic E-state index is 10.8. The van der Waals surface area contributed by atoms with Crippen LogP contribution in [0.3, 0.4) is 0 Å². The number of methoxy groups -OCH3 is 2. The normalized spacial score (nSPS) is 14.8. The molecule has 0 saturated heterocycles. The second-order valence-corrected chi connectivity index (χ2v) is 6.69. The fraction of sp³-hybridized carbons (Fsp3) is 0.364. The average Bonchev–Trinajstić information content (AvgIpc) is 2.95. The van der Waals surface area contributed by atoms with Crippen LogP contribution in [-0.4, -0.2) is 39.6 Å². The summed E-state index contributed by atoms with van der Waals surface area (Å²) >= 11 is 0. The van der Waals surface area contributed by atoms with Gasteiger partial charge in [0.05, 0.1) is 0 Å². The van der Waals surface area contributed by atoms with E-state index in [4.69, 9.17) is 9.47 Å². The Hall–Kier alpha value is -2.30. The number of carbonyl (C=O) groups is 1. The van der Waals surface area contributed by atoms with Gasteiger partial charge in [0.2, 0.25) is 6.41 Å². The molecule has 1 amide bonds. The molecule has 1 aliphatic rings. The summed E-state index contributed by atoms with van der Waals surface area (Å²) in [7, 11) is 3.48. The van der Waals surface area contributed by atoms with Crippen molar-refractivity contribution in [3.05, 3.63) is 59.2 Å². The van der Waals surface area contributed by atoms with Crippen LogP contribution in [0.5, 0.6) is 0 Å². The van der Waals surface area contributed by atoms with Gasteiger partial charge in [-0.2, -0.15) is 0 Å². The molecular formula is C22H25NO3. The maximum Gasteiger partial charge on any atom is 0.233 e. The molecule has 0 unspecified atom stereocenters. The van der Waals surface area contributed by atoms with Crippen molar-refractivity contribution in [3.63, 3.8) is 0 Å². The molecule has 0 aromatic heterocycles. The molecule has 1 aliphatic carbocycles. The lowest BCUT2D eigenvalue weighted by molar-refractivity contribution is -0.106. The highest BCUT2D eigenvalue weighted by atomic mass is 16.5. The number of carbonyl (C=O) groups excluding carboxylic acids is 1. The predicted octanol–water partition coefficient (Wildman–Crippen LogP) is 3.99. The molecular weight excluding hydrogens is 326 g/mol. The Labute approximate surface area is 154 Å². The van der Waals surface area contributed by atoms with Crippen molar-refractivity contribution in [3.8, 4) is 11.1 Å². The van der Waals surface area contributed by atoms with Gasteiger partial charge in [-0.05, 0) is 53.6 Å². The third kappa shape index (κ3) is 3.11. The zero-order chi connectivity index (χ0) is 18.6. The van der Waals surface area contributed by atoms with Crippen molar-refractivity contribution in [2.24, 2.45) is 4.99 Å².